The number of likely N-dealkylation sites (N-methyl/N-ethyl adjacent to an activating group) is 1. The fraction of sp³-hybridized carbons (Fsp3) is 0.483. The lowest BCUT2D eigenvalue weighted by atomic mass is 10.0. The number of fused-ring (bicyclic) bond motifs is 1. The number of aromatic nitrogens is 5. The first-order chi connectivity index (χ1) is 19.0. The molecule has 0 radical (unpaired) electrons. The van der Waals surface area contributed by atoms with Crippen molar-refractivity contribution < 1.29 is 14.3 Å². The monoisotopic (exact) mass is 546 g/mol. The van der Waals surface area contributed by atoms with Gasteiger partial charge in [-0.15, -0.1) is 5.10 Å². The highest BCUT2D eigenvalue weighted by molar-refractivity contribution is 5.90. The fourth-order valence-electron chi connectivity index (χ4n) is 4.57. The Morgan fingerprint density at radius 3 is 2.73 bits per heavy atom. The topological polar surface area (TPSA) is 111 Å². The number of amides is 1. The maximum atomic E-state index is 12.1. The molecule has 5 heterocycles. The summed E-state index contributed by atoms with van der Waals surface area (Å²) in [4.78, 5) is 20.8. The van der Waals surface area contributed by atoms with Gasteiger partial charge in [0.1, 0.15) is 11.4 Å². The van der Waals surface area contributed by atoms with E-state index in [4.69, 9.17) is 14.5 Å². The second-order valence-electron chi connectivity index (χ2n) is 11.7. The Kier molecular flexibility index (Phi) is 7.75. The summed E-state index contributed by atoms with van der Waals surface area (Å²) in [6.45, 7) is 12.9. The summed E-state index contributed by atoms with van der Waals surface area (Å²) in [5.74, 6) is 1.76. The number of likely N-dealkylation sites (tertiary alicyclic amines) is 1. The minimum Gasteiger partial charge on any atom is -0.444 e. The van der Waals surface area contributed by atoms with E-state index in [2.05, 4.69) is 58.6 Å². The van der Waals surface area contributed by atoms with Crippen molar-refractivity contribution in [3.63, 3.8) is 0 Å². The van der Waals surface area contributed by atoms with Crippen LogP contribution in [0.4, 0.5) is 22.1 Å². The van der Waals surface area contributed by atoms with Gasteiger partial charge in [0.25, 0.3) is 0 Å². The van der Waals surface area contributed by atoms with Gasteiger partial charge in [0.15, 0.2) is 5.82 Å². The third-order valence-electron chi connectivity index (χ3n) is 6.81. The number of ether oxygens (including phenoxy) is 2. The van der Waals surface area contributed by atoms with Gasteiger partial charge in [-0.2, -0.15) is 10.2 Å². The number of carbonyl (C=O) groups excluding carboxylic acids is 1. The standard InChI is InChI=1S/C29H38N8O3/c1-19(2)20-12-27(34-30-13-20)33-26-8-7-25-24(32-26)11-21(15-35(25)6)22-14-31-37(16-22)9-10-39-23-17-36(18-23)28(38)40-29(3,4)5/h7-8,11-14,16,19,23H,9-10,15,17-18H2,1-6H3,(H,32,33,34). The van der Waals surface area contributed by atoms with Crippen LogP contribution in [0, 0.1) is 0 Å². The number of nitrogens with zero attached hydrogens (tertiary/aromatic N) is 7. The molecular formula is C29H38N8O3. The normalized spacial score (nSPS) is 15.5. The van der Waals surface area contributed by atoms with Crippen LogP contribution in [0.5, 0.6) is 0 Å². The molecule has 0 spiro atoms. The molecule has 2 aliphatic heterocycles. The van der Waals surface area contributed by atoms with Crippen LogP contribution in [0.1, 0.15) is 57.4 Å². The third kappa shape index (κ3) is 6.59. The number of rotatable bonds is 8. The van der Waals surface area contributed by atoms with Crippen LogP contribution in [0.25, 0.3) is 11.6 Å². The second kappa shape index (κ2) is 11.2. The number of carbonyl (C=O) groups is 1. The lowest BCUT2D eigenvalue weighted by molar-refractivity contribution is -0.0650. The first kappa shape index (κ1) is 27.6. The van der Waals surface area contributed by atoms with Crippen molar-refractivity contribution in [2.24, 2.45) is 0 Å². The van der Waals surface area contributed by atoms with Gasteiger partial charge in [0, 0.05) is 25.4 Å². The lowest BCUT2D eigenvalue weighted by Gasteiger charge is -2.39. The fourth-order valence-corrected chi connectivity index (χ4v) is 4.57. The van der Waals surface area contributed by atoms with Gasteiger partial charge in [-0.25, -0.2) is 9.78 Å². The molecule has 2 aliphatic rings. The number of anilines is 3. The van der Waals surface area contributed by atoms with Gasteiger partial charge in [-0.3, -0.25) is 4.68 Å². The highest BCUT2D eigenvalue weighted by Crippen LogP contribution is 2.32. The van der Waals surface area contributed by atoms with Gasteiger partial charge in [-0.1, -0.05) is 13.8 Å². The average Bonchev–Trinajstić information content (AvgIpc) is 3.33. The number of pyridine rings is 1. The van der Waals surface area contributed by atoms with Crippen LogP contribution in [0.3, 0.4) is 0 Å². The smallest absolute Gasteiger partial charge is 0.410 e. The number of hydrogen-bond acceptors (Lipinski definition) is 9. The molecule has 0 atom stereocenters. The Labute approximate surface area is 235 Å². The largest absolute Gasteiger partial charge is 0.444 e. The molecule has 1 N–H and O–H groups in total. The summed E-state index contributed by atoms with van der Waals surface area (Å²) in [5.41, 5.74) is 4.77. The summed E-state index contributed by atoms with van der Waals surface area (Å²) < 4.78 is 13.2. The van der Waals surface area contributed by atoms with E-state index in [1.807, 2.05) is 50.0 Å². The molecule has 0 aliphatic carbocycles. The first-order valence-corrected chi connectivity index (χ1v) is 13.7. The molecule has 1 saturated heterocycles. The molecule has 11 nitrogen and oxygen atoms in total. The van der Waals surface area contributed by atoms with E-state index in [0.29, 0.717) is 43.8 Å². The van der Waals surface area contributed by atoms with Crippen molar-refractivity contribution >= 4 is 35.1 Å². The van der Waals surface area contributed by atoms with Crippen LogP contribution >= 0.6 is 0 Å². The molecular weight excluding hydrogens is 508 g/mol. The highest BCUT2D eigenvalue weighted by atomic mass is 16.6. The zero-order valence-electron chi connectivity index (χ0n) is 24.1. The maximum Gasteiger partial charge on any atom is 0.410 e. The van der Waals surface area contributed by atoms with Crippen molar-refractivity contribution in [2.45, 2.75) is 58.8 Å². The molecule has 11 heteroatoms. The van der Waals surface area contributed by atoms with Crippen molar-refractivity contribution in [1.29, 1.82) is 0 Å². The molecule has 0 unspecified atom stereocenters. The third-order valence-corrected chi connectivity index (χ3v) is 6.81. The van der Waals surface area contributed by atoms with E-state index >= 15 is 0 Å². The van der Waals surface area contributed by atoms with Crippen LogP contribution in [0.2, 0.25) is 0 Å². The van der Waals surface area contributed by atoms with Gasteiger partial charge < -0.3 is 24.6 Å². The zero-order chi connectivity index (χ0) is 28.4. The van der Waals surface area contributed by atoms with E-state index in [0.717, 1.165) is 34.6 Å². The SMILES string of the molecule is CC(C)c1cnnc(Nc2ccc3c(n2)C=C(c2cnn(CCOC4CN(C(=O)OC(C)(C)C)C4)c2)CN3C)c1. The first-order valence-electron chi connectivity index (χ1n) is 13.7. The summed E-state index contributed by atoms with van der Waals surface area (Å²) in [6, 6.07) is 6.04. The number of nitrogens with one attached hydrogen (secondary N) is 1. The quantitative estimate of drug-likeness (QED) is 0.435. The van der Waals surface area contributed by atoms with Crippen molar-refractivity contribution in [3.8, 4) is 0 Å². The molecule has 1 amide bonds. The molecule has 0 saturated carbocycles. The zero-order valence-corrected chi connectivity index (χ0v) is 24.1. The van der Waals surface area contributed by atoms with Gasteiger partial charge in [-0.05, 0) is 62.1 Å². The van der Waals surface area contributed by atoms with E-state index in [1.165, 1.54) is 0 Å². The molecule has 3 aromatic heterocycles. The average molecular weight is 547 g/mol. The van der Waals surface area contributed by atoms with E-state index in [-0.39, 0.29) is 12.2 Å². The molecule has 1 fully saturated rings. The molecule has 212 valence electrons. The van der Waals surface area contributed by atoms with Gasteiger partial charge >= 0.3 is 6.09 Å². The minimum atomic E-state index is -0.490. The summed E-state index contributed by atoms with van der Waals surface area (Å²) in [5, 5.41) is 16.2. The van der Waals surface area contributed by atoms with Crippen LogP contribution in [0.15, 0.2) is 36.8 Å². The predicted molar refractivity (Wildman–Crippen MR) is 155 cm³/mol. The van der Waals surface area contributed by atoms with Gasteiger partial charge in [0.2, 0.25) is 0 Å². The van der Waals surface area contributed by atoms with Crippen molar-refractivity contribution in [2.75, 3.05) is 43.5 Å². The van der Waals surface area contributed by atoms with Crippen molar-refractivity contribution in [3.05, 3.63) is 53.6 Å². The molecule has 5 rings (SSSR count). The van der Waals surface area contributed by atoms with E-state index in [1.54, 1.807) is 11.1 Å². The van der Waals surface area contributed by atoms with Crippen LogP contribution in [-0.4, -0.2) is 80.9 Å². The Bertz CT molecular complexity index is 1390. The molecule has 0 bridgehead atoms. The molecule has 0 aromatic carbocycles. The lowest BCUT2D eigenvalue weighted by Crippen LogP contribution is -2.56. The summed E-state index contributed by atoms with van der Waals surface area (Å²) in [6.07, 6.45) is 7.57. The summed E-state index contributed by atoms with van der Waals surface area (Å²) >= 11 is 0. The van der Waals surface area contributed by atoms with Crippen LogP contribution < -0.4 is 10.2 Å². The molecule has 40 heavy (non-hydrogen) atoms. The predicted octanol–water partition coefficient (Wildman–Crippen LogP) is 4.56. The Morgan fingerprint density at radius 1 is 1.18 bits per heavy atom. The molecule has 3 aromatic rings. The Balaban J connectivity index is 1.17. The van der Waals surface area contributed by atoms with Crippen LogP contribution in [-0.2, 0) is 16.0 Å². The number of hydrogen-bond donors (Lipinski definition) is 1. The summed E-state index contributed by atoms with van der Waals surface area (Å²) in [7, 11) is 2.07. The highest BCUT2D eigenvalue weighted by Gasteiger charge is 2.34. The Hall–Kier alpha value is -3.99. The maximum absolute atomic E-state index is 12.1. The van der Waals surface area contributed by atoms with Crippen molar-refractivity contribution in [1.82, 2.24) is 29.9 Å². The van der Waals surface area contributed by atoms with Gasteiger partial charge in [0.05, 0.1) is 56.1 Å². The van der Waals surface area contributed by atoms with E-state index < -0.39 is 5.60 Å². The minimum absolute atomic E-state index is 0.0291. The Morgan fingerprint density at radius 2 is 1.98 bits per heavy atom. The van der Waals surface area contributed by atoms with E-state index in [9.17, 15) is 4.79 Å². The second-order valence-corrected chi connectivity index (χ2v) is 11.7.